The number of hydrazone groups is 1. The number of hydrogen-bond acceptors (Lipinski definition) is 7. The number of benzene rings is 2. The minimum Gasteiger partial charge on any atom is -0.455 e. The molecule has 2 aromatic heterocycles. The first-order valence-corrected chi connectivity index (χ1v) is 8.05. The van der Waals surface area contributed by atoms with Gasteiger partial charge in [-0.1, -0.05) is 24.3 Å². The Hall–Kier alpha value is -4.07. The third-order valence-corrected chi connectivity index (χ3v) is 3.92. The van der Waals surface area contributed by atoms with E-state index in [9.17, 15) is 10.1 Å². The second kappa shape index (κ2) is 7.04. The van der Waals surface area contributed by atoms with Gasteiger partial charge in [0.05, 0.1) is 17.3 Å². The van der Waals surface area contributed by atoms with E-state index in [1.165, 1.54) is 18.3 Å². The second-order valence-electron chi connectivity index (χ2n) is 5.66. The van der Waals surface area contributed by atoms with Gasteiger partial charge in [-0.2, -0.15) is 10.2 Å². The largest absolute Gasteiger partial charge is 0.455 e. The third-order valence-electron chi connectivity index (χ3n) is 3.92. The first kappa shape index (κ1) is 16.4. The van der Waals surface area contributed by atoms with Gasteiger partial charge in [0, 0.05) is 28.5 Å². The van der Waals surface area contributed by atoms with Crippen LogP contribution in [-0.4, -0.2) is 21.3 Å². The Morgan fingerprint density at radius 1 is 1.07 bits per heavy atom. The van der Waals surface area contributed by atoms with Crippen molar-refractivity contribution in [1.82, 2.24) is 10.2 Å². The van der Waals surface area contributed by atoms with E-state index in [4.69, 9.17) is 4.42 Å². The molecule has 0 spiro atoms. The summed E-state index contributed by atoms with van der Waals surface area (Å²) in [4.78, 5) is 10.3. The zero-order valence-corrected chi connectivity index (χ0v) is 13.9. The fraction of sp³-hybridized carbons (Fsp3) is 0. The van der Waals surface area contributed by atoms with Crippen LogP contribution in [0.15, 0.2) is 76.4 Å². The molecule has 8 heteroatoms. The summed E-state index contributed by atoms with van der Waals surface area (Å²) in [5.41, 5.74) is 3.64. The highest BCUT2D eigenvalue weighted by Gasteiger charge is 2.08. The number of furan rings is 1. The molecule has 4 rings (SSSR count). The molecule has 8 nitrogen and oxygen atoms in total. The zero-order chi connectivity index (χ0) is 18.6. The maximum absolute atomic E-state index is 10.7. The highest BCUT2D eigenvalue weighted by molar-refractivity contribution is 5.91. The van der Waals surface area contributed by atoms with Crippen LogP contribution in [-0.2, 0) is 0 Å². The summed E-state index contributed by atoms with van der Waals surface area (Å²) in [6.07, 6.45) is 3.21. The Labute approximate surface area is 153 Å². The zero-order valence-electron chi connectivity index (χ0n) is 13.9. The average molecular weight is 359 g/mol. The quantitative estimate of drug-likeness (QED) is 0.324. The number of non-ortho nitro benzene ring substituents is 1. The van der Waals surface area contributed by atoms with E-state index >= 15 is 0 Å². The SMILES string of the molecule is O=[N+]([O-])c1ccc(-c2ccc(/C=N/Nc3nncc4ccccc34)o2)cc1. The molecule has 1 N–H and O–H groups in total. The molecule has 27 heavy (non-hydrogen) atoms. The molecule has 0 aliphatic heterocycles. The van der Waals surface area contributed by atoms with Gasteiger partial charge in [-0.25, -0.2) is 0 Å². The van der Waals surface area contributed by atoms with Crippen molar-refractivity contribution < 1.29 is 9.34 Å². The fourth-order valence-corrected chi connectivity index (χ4v) is 2.59. The molecular weight excluding hydrogens is 346 g/mol. The lowest BCUT2D eigenvalue weighted by Gasteiger charge is -2.02. The van der Waals surface area contributed by atoms with E-state index in [-0.39, 0.29) is 5.69 Å². The van der Waals surface area contributed by atoms with Gasteiger partial charge in [0.1, 0.15) is 11.5 Å². The van der Waals surface area contributed by atoms with Crippen molar-refractivity contribution in [3.8, 4) is 11.3 Å². The number of nitro benzene ring substituents is 1. The Balaban J connectivity index is 1.49. The fourth-order valence-electron chi connectivity index (χ4n) is 2.59. The number of aromatic nitrogens is 2. The normalized spacial score (nSPS) is 11.1. The molecule has 132 valence electrons. The van der Waals surface area contributed by atoms with Gasteiger partial charge < -0.3 is 4.42 Å². The van der Waals surface area contributed by atoms with Gasteiger partial charge in [0.2, 0.25) is 0 Å². The molecule has 0 saturated heterocycles. The van der Waals surface area contributed by atoms with Gasteiger partial charge in [0.15, 0.2) is 5.82 Å². The van der Waals surface area contributed by atoms with E-state index in [0.717, 1.165) is 16.3 Å². The van der Waals surface area contributed by atoms with E-state index in [1.807, 2.05) is 24.3 Å². The molecule has 0 fully saturated rings. The van der Waals surface area contributed by atoms with E-state index in [0.29, 0.717) is 17.3 Å². The molecule has 2 heterocycles. The first-order valence-electron chi connectivity index (χ1n) is 8.05. The van der Waals surface area contributed by atoms with Crippen LogP contribution >= 0.6 is 0 Å². The van der Waals surface area contributed by atoms with Crippen molar-refractivity contribution in [3.63, 3.8) is 0 Å². The summed E-state index contributed by atoms with van der Waals surface area (Å²) in [5, 5.41) is 24.7. The van der Waals surface area contributed by atoms with E-state index in [1.54, 1.807) is 30.5 Å². The van der Waals surface area contributed by atoms with Crippen LogP contribution in [0.3, 0.4) is 0 Å². The summed E-state index contributed by atoms with van der Waals surface area (Å²) in [5.74, 6) is 1.67. The molecular formula is C19H13N5O3. The predicted octanol–water partition coefficient (Wildman–Crippen LogP) is 4.24. The summed E-state index contributed by atoms with van der Waals surface area (Å²) in [7, 11) is 0. The van der Waals surface area contributed by atoms with Crippen molar-refractivity contribution in [2.24, 2.45) is 5.10 Å². The van der Waals surface area contributed by atoms with Crippen LogP contribution in [0.5, 0.6) is 0 Å². The number of nitrogens with zero attached hydrogens (tertiary/aromatic N) is 4. The number of fused-ring (bicyclic) bond motifs is 1. The lowest BCUT2D eigenvalue weighted by Crippen LogP contribution is -1.96. The van der Waals surface area contributed by atoms with Gasteiger partial charge in [-0.15, -0.1) is 5.10 Å². The summed E-state index contributed by atoms with van der Waals surface area (Å²) in [6, 6.07) is 17.4. The van der Waals surface area contributed by atoms with E-state index < -0.39 is 4.92 Å². The summed E-state index contributed by atoms with van der Waals surface area (Å²) in [6.45, 7) is 0. The lowest BCUT2D eigenvalue weighted by atomic mass is 10.1. The summed E-state index contributed by atoms with van der Waals surface area (Å²) >= 11 is 0. The molecule has 0 aliphatic carbocycles. The standard InChI is InChI=1S/C19H13N5O3/c25-24(26)15-7-5-13(6-8-15)18-10-9-16(27-18)12-21-23-19-17-4-2-1-3-14(17)11-20-22-19/h1-12H,(H,22,23)/b21-12+. The molecule has 0 saturated carbocycles. The molecule has 0 radical (unpaired) electrons. The Kier molecular flexibility index (Phi) is 4.28. The van der Waals surface area contributed by atoms with Crippen LogP contribution < -0.4 is 5.43 Å². The molecule has 0 unspecified atom stereocenters. The van der Waals surface area contributed by atoms with Crippen LogP contribution in [0.2, 0.25) is 0 Å². The highest BCUT2D eigenvalue weighted by Crippen LogP contribution is 2.24. The number of rotatable bonds is 5. The van der Waals surface area contributed by atoms with Crippen molar-refractivity contribution in [2.75, 3.05) is 5.43 Å². The monoisotopic (exact) mass is 359 g/mol. The highest BCUT2D eigenvalue weighted by atomic mass is 16.6. The van der Waals surface area contributed by atoms with E-state index in [2.05, 4.69) is 20.7 Å². The van der Waals surface area contributed by atoms with Gasteiger partial charge in [-0.05, 0) is 24.3 Å². The third kappa shape index (κ3) is 3.49. The van der Waals surface area contributed by atoms with Crippen molar-refractivity contribution in [2.45, 2.75) is 0 Å². The van der Waals surface area contributed by atoms with Crippen molar-refractivity contribution >= 4 is 28.5 Å². The number of nitrogens with one attached hydrogen (secondary N) is 1. The van der Waals surface area contributed by atoms with Crippen LogP contribution in [0.4, 0.5) is 11.5 Å². The molecule has 4 aromatic rings. The van der Waals surface area contributed by atoms with Crippen molar-refractivity contribution in [3.05, 3.63) is 82.7 Å². The Bertz CT molecular complexity index is 1130. The molecule has 0 amide bonds. The number of anilines is 1. The molecule has 0 aliphatic rings. The molecule has 0 bridgehead atoms. The minimum absolute atomic E-state index is 0.0347. The Morgan fingerprint density at radius 2 is 1.89 bits per heavy atom. The van der Waals surface area contributed by atoms with Gasteiger partial charge in [-0.3, -0.25) is 15.5 Å². The van der Waals surface area contributed by atoms with Gasteiger partial charge in [0.25, 0.3) is 5.69 Å². The maximum atomic E-state index is 10.7. The second-order valence-corrected chi connectivity index (χ2v) is 5.66. The van der Waals surface area contributed by atoms with Crippen LogP contribution in [0.25, 0.3) is 22.1 Å². The summed E-state index contributed by atoms with van der Waals surface area (Å²) < 4.78 is 5.70. The van der Waals surface area contributed by atoms with Crippen LogP contribution in [0.1, 0.15) is 5.76 Å². The number of hydrogen-bond donors (Lipinski definition) is 1. The van der Waals surface area contributed by atoms with Gasteiger partial charge >= 0.3 is 0 Å². The van der Waals surface area contributed by atoms with Crippen LogP contribution in [0, 0.1) is 10.1 Å². The smallest absolute Gasteiger partial charge is 0.269 e. The molecule has 2 aromatic carbocycles. The number of nitro groups is 1. The lowest BCUT2D eigenvalue weighted by molar-refractivity contribution is -0.384. The Morgan fingerprint density at radius 3 is 2.70 bits per heavy atom. The minimum atomic E-state index is -0.439. The van der Waals surface area contributed by atoms with Crippen molar-refractivity contribution in [1.29, 1.82) is 0 Å². The first-order chi connectivity index (χ1) is 13.2. The average Bonchev–Trinajstić information content (AvgIpc) is 3.17. The predicted molar refractivity (Wildman–Crippen MR) is 102 cm³/mol. The topological polar surface area (TPSA) is 106 Å². The molecule has 0 atom stereocenters. The maximum Gasteiger partial charge on any atom is 0.269 e.